The van der Waals surface area contributed by atoms with Crippen LogP contribution in [0.1, 0.15) is 30.1 Å². The molecule has 0 unspecified atom stereocenters. The summed E-state index contributed by atoms with van der Waals surface area (Å²) in [4.78, 5) is 23.4. The molecular weight excluding hydrogens is 256 g/mol. The molecule has 1 aromatic rings. The molecule has 20 heavy (non-hydrogen) atoms. The number of para-hydroxylation sites is 1. The van der Waals surface area contributed by atoms with Crippen molar-refractivity contribution in [2.45, 2.75) is 19.8 Å². The standard InChI is InChI=1S/C15H20N2O3/c1-2-20-13-6-4-3-5-12(13)15(19)17-10-9-16-14(18)11-7-8-11/h3-6,11H,2,7-10H2,1H3,(H,16,18)(H,17,19). The predicted octanol–water partition coefficient (Wildman–Crippen LogP) is 1.34. The van der Waals surface area contributed by atoms with E-state index < -0.39 is 0 Å². The first-order valence-electron chi connectivity index (χ1n) is 7.00. The van der Waals surface area contributed by atoms with Crippen molar-refractivity contribution in [1.29, 1.82) is 0 Å². The van der Waals surface area contributed by atoms with Gasteiger partial charge < -0.3 is 15.4 Å². The molecular formula is C15H20N2O3. The SMILES string of the molecule is CCOc1ccccc1C(=O)NCCNC(=O)C1CC1. The van der Waals surface area contributed by atoms with Crippen LogP contribution in [0.5, 0.6) is 5.75 Å². The molecule has 0 spiro atoms. The van der Waals surface area contributed by atoms with Crippen molar-refractivity contribution in [2.75, 3.05) is 19.7 Å². The van der Waals surface area contributed by atoms with E-state index in [9.17, 15) is 9.59 Å². The summed E-state index contributed by atoms with van der Waals surface area (Å²) in [6.07, 6.45) is 1.97. The van der Waals surface area contributed by atoms with Crippen molar-refractivity contribution < 1.29 is 14.3 Å². The number of ether oxygens (including phenoxy) is 1. The van der Waals surface area contributed by atoms with E-state index in [-0.39, 0.29) is 17.7 Å². The highest BCUT2D eigenvalue weighted by Crippen LogP contribution is 2.28. The fourth-order valence-electron chi connectivity index (χ4n) is 1.88. The quantitative estimate of drug-likeness (QED) is 0.739. The molecule has 1 aromatic carbocycles. The van der Waals surface area contributed by atoms with E-state index in [4.69, 9.17) is 4.74 Å². The van der Waals surface area contributed by atoms with Gasteiger partial charge in [-0.2, -0.15) is 0 Å². The van der Waals surface area contributed by atoms with Crippen LogP contribution in [0.15, 0.2) is 24.3 Å². The van der Waals surface area contributed by atoms with Crippen molar-refractivity contribution in [2.24, 2.45) is 5.92 Å². The Hall–Kier alpha value is -2.04. The van der Waals surface area contributed by atoms with Crippen LogP contribution in [-0.4, -0.2) is 31.5 Å². The fraction of sp³-hybridized carbons (Fsp3) is 0.467. The van der Waals surface area contributed by atoms with Crippen molar-refractivity contribution in [1.82, 2.24) is 10.6 Å². The van der Waals surface area contributed by atoms with Crippen LogP contribution in [0.3, 0.4) is 0 Å². The summed E-state index contributed by atoms with van der Waals surface area (Å²) in [5, 5.41) is 5.59. The first-order chi connectivity index (χ1) is 9.72. The van der Waals surface area contributed by atoms with E-state index in [1.165, 1.54) is 0 Å². The lowest BCUT2D eigenvalue weighted by Gasteiger charge is -2.10. The zero-order valence-corrected chi connectivity index (χ0v) is 11.6. The van der Waals surface area contributed by atoms with Crippen LogP contribution in [0.2, 0.25) is 0 Å². The van der Waals surface area contributed by atoms with Gasteiger partial charge in [0.15, 0.2) is 0 Å². The van der Waals surface area contributed by atoms with Crippen LogP contribution >= 0.6 is 0 Å². The average Bonchev–Trinajstić information content (AvgIpc) is 3.28. The van der Waals surface area contributed by atoms with Crippen molar-refractivity contribution in [3.63, 3.8) is 0 Å². The Balaban J connectivity index is 1.77. The fourth-order valence-corrected chi connectivity index (χ4v) is 1.88. The first-order valence-corrected chi connectivity index (χ1v) is 7.00. The van der Waals surface area contributed by atoms with E-state index in [1.807, 2.05) is 13.0 Å². The Bertz CT molecular complexity index is 484. The maximum atomic E-state index is 12.0. The number of amides is 2. The van der Waals surface area contributed by atoms with Crippen molar-refractivity contribution in [3.05, 3.63) is 29.8 Å². The molecule has 1 saturated carbocycles. The van der Waals surface area contributed by atoms with E-state index in [1.54, 1.807) is 18.2 Å². The van der Waals surface area contributed by atoms with Gasteiger partial charge in [0.25, 0.3) is 5.91 Å². The summed E-state index contributed by atoms with van der Waals surface area (Å²) in [7, 11) is 0. The van der Waals surface area contributed by atoms with Crippen molar-refractivity contribution >= 4 is 11.8 Å². The molecule has 0 radical (unpaired) electrons. The Morgan fingerprint density at radius 3 is 2.60 bits per heavy atom. The number of benzene rings is 1. The van der Waals surface area contributed by atoms with Crippen LogP contribution in [0.4, 0.5) is 0 Å². The minimum Gasteiger partial charge on any atom is -0.493 e. The highest BCUT2D eigenvalue weighted by Gasteiger charge is 2.29. The summed E-state index contributed by atoms with van der Waals surface area (Å²) in [5.41, 5.74) is 0.517. The lowest BCUT2D eigenvalue weighted by atomic mass is 10.2. The van der Waals surface area contributed by atoms with Crippen LogP contribution in [-0.2, 0) is 4.79 Å². The minimum atomic E-state index is -0.185. The molecule has 1 aliphatic carbocycles. The highest BCUT2D eigenvalue weighted by atomic mass is 16.5. The van der Waals surface area contributed by atoms with Gasteiger partial charge in [-0.1, -0.05) is 12.1 Å². The molecule has 1 aliphatic rings. The number of hydrogen-bond donors (Lipinski definition) is 2. The highest BCUT2D eigenvalue weighted by molar-refractivity contribution is 5.96. The molecule has 0 atom stereocenters. The molecule has 2 amide bonds. The molecule has 0 aliphatic heterocycles. The second kappa shape index (κ2) is 6.93. The molecule has 0 saturated heterocycles. The van der Waals surface area contributed by atoms with Gasteiger partial charge in [0.1, 0.15) is 5.75 Å². The Kier molecular flexibility index (Phi) is 4.98. The largest absolute Gasteiger partial charge is 0.493 e. The Morgan fingerprint density at radius 2 is 1.90 bits per heavy atom. The van der Waals surface area contributed by atoms with Gasteiger partial charge >= 0.3 is 0 Å². The summed E-state index contributed by atoms with van der Waals surface area (Å²) in [6.45, 7) is 3.26. The lowest BCUT2D eigenvalue weighted by Crippen LogP contribution is -2.35. The predicted molar refractivity (Wildman–Crippen MR) is 75.7 cm³/mol. The zero-order chi connectivity index (χ0) is 14.4. The number of carbonyl (C=O) groups is 2. The molecule has 108 valence electrons. The monoisotopic (exact) mass is 276 g/mol. The van der Waals surface area contributed by atoms with E-state index >= 15 is 0 Å². The Labute approximate surface area is 118 Å². The molecule has 0 heterocycles. The Morgan fingerprint density at radius 1 is 1.20 bits per heavy atom. The van der Waals surface area contributed by atoms with Gasteiger partial charge in [-0.15, -0.1) is 0 Å². The van der Waals surface area contributed by atoms with E-state index in [0.29, 0.717) is 31.0 Å². The van der Waals surface area contributed by atoms with Crippen LogP contribution in [0.25, 0.3) is 0 Å². The van der Waals surface area contributed by atoms with Gasteiger partial charge in [-0.3, -0.25) is 9.59 Å². The summed E-state index contributed by atoms with van der Waals surface area (Å²) >= 11 is 0. The third kappa shape index (κ3) is 3.98. The summed E-state index contributed by atoms with van der Waals surface area (Å²) in [5.74, 6) is 0.683. The minimum absolute atomic E-state index is 0.0916. The molecule has 2 rings (SSSR count). The maximum absolute atomic E-state index is 12.0. The third-order valence-electron chi connectivity index (χ3n) is 3.09. The molecule has 0 aromatic heterocycles. The normalized spacial score (nSPS) is 13.7. The first kappa shape index (κ1) is 14.4. The van der Waals surface area contributed by atoms with E-state index in [0.717, 1.165) is 12.8 Å². The smallest absolute Gasteiger partial charge is 0.255 e. The van der Waals surface area contributed by atoms with E-state index in [2.05, 4.69) is 10.6 Å². The van der Waals surface area contributed by atoms with Gasteiger partial charge in [0.2, 0.25) is 5.91 Å². The zero-order valence-electron chi connectivity index (χ0n) is 11.6. The molecule has 5 heteroatoms. The molecule has 0 bridgehead atoms. The number of carbonyl (C=O) groups excluding carboxylic acids is 2. The lowest BCUT2D eigenvalue weighted by molar-refractivity contribution is -0.122. The van der Waals surface area contributed by atoms with Crippen LogP contribution in [0, 0.1) is 5.92 Å². The van der Waals surface area contributed by atoms with Gasteiger partial charge in [0, 0.05) is 19.0 Å². The summed E-state index contributed by atoms with van der Waals surface area (Å²) < 4.78 is 5.41. The molecule has 1 fully saturated rings. The number of rotatable bonds is 7. The number of nitrogens with one attached hydrogen (secondary N) is 2. The molecule has 5 nitrogen and oxygen atoms in total. The third-order valence-corrected chi connectivity index (χ3v) is 3.09. The van der Waals surface area contributed by atoms with Gasteiger partial charge in [-0.25, -0.2) is 0 Å². The maximum Gasteiger partial charge on any atom is 0.255 e. The van der Waals surface area contributed by atoms with Gasteiger partial charge in [0.05, 0.1) is 12.2 Å². The summed E-state index contributed by atoms with van der Waals surface area (Å²) in [6, 6.07) is 7.13. The topological polar surface area (TPSA) is 67.4 Å². The number of hydrogen-bond acceptors (Lipinski definition) is 3. The van der Waals surface area contributed by atoms with Gasteiger partial charge in [-0.05, 0) is 31.9 Å². The van der Waals surface area contributed by atoms with Crippen LogP contribution < -0.4 is 15.4 Å². The van der Waals surface area contributed by atoms with Crippen molar-refractivity contribution in [3.8, 4) is 5.75 Å². The second-order valence-electron chi connectivity index (χ2n) is 4.75. The average molecular weight is 276 g/mol. The molecule has 2 N–H and O–H groups in total. The second-order valence-corrected chi connectivity index (χ2v) is 4.75.